The summed E-state index contributed by atoms with van der Waals surface area (Å²) in [7, 11) is 0. The Morgan fingerprint density at radius 1 is 0.788 bits per heavy atom. The lowest BCUT2D eigenvalue weighted by atomic mass is 9.92. The highest BCUT2D eigenvalue weighted by Gasteiger charge is 2.40. The number of halogens is 6. The minimum atomic E-state index is -5.62. The van der Waals surface area contributed by atoms with Crippen LogP contribution in [-0.4, -0.2) is 4.98 Å². The van der Waals surface area contributed by atoms with E-state index in [4.69, 9.17) is 10.5 Å². The van der Waals surface area contributed by atoms with Crippen LogP contribution in [0.1, 0.15) is 27.9 Å². The zero-order chi connectivity index (χ0) is 25.1. The average molecular weight is 453 g/mol. The van der Waals surface area contributed by atoms with Gasteiger partial charge in [0.05, 0.1) is 33.9 Å². The van der Waals surface area contributed by atoms with Crippen molar-refractivity contribution in [2.75, 3.05) is 0 Å². The van der Waals surface area contributed by atoms with E-state index in [0.717, 1.165) is 6.07 Å². The second-order valence-corrected chi connectivity index (χ2v) is 5.77. The fourth-order valence-corrected chi connectivity index (χ4v) is 2.76. The van der Waals surface area contributed by atoms with Crippen LogP contribution >= 0.6 is 0 Å². The molecule has 33 heavy (non-hydrogen) atoms. The van der Waals surface area contributed by atoms with E-state index in [-0.39, 0.29) is 0 Å². The second kappa shape index (κ2) is 8.78. The smallest absolute Gasteiger partial charge is 0.209 e. The van der Waals surface area contributed by atoms with Crippen LogP contribution in [0.4, 0.5) is 26.3 Å². The first-order valence-electron chi connectivity index (χ1n) is 8.00. The van der Waals surface area contributed by atoms with Crippen LogP contribution in [0.3, 0.4) is 0 Å². The van der Waals surface area contributed by atoms with Gasteiger partial charge < -0.3 is 0 Å². The Hall–Kier alpha value is -5.37. The molecule has 0 N–H and O–H groups in total. The predicted octanol–water partition coefficient (Wildman–Crippen LogP) is 2.05. The molecule has 0 bridgehead atoms. The summed E-state index contributed by atoms with van der Waals surface area (Å²) in [6, 6.07) is 8.79. The molecule has 0 unspecified atom stereocenters. The van der Waals surface area contributed by atoms with Crippen molar-refractivity contribution in [3.05, 3.63) is 62.0 Å². The van der Waals surface area contributed by atoms with Crippen molar-refractivity contribution >= 4 is 11.1 Å². The lowest BCUT2D eigenvalue weighted by molar-refractivity contribution is -0.144. The normalized spacial score (nSPS) is 11.0. The first kappa shape index (κ1) is 23.9. The minimum absolute atomic E-state index is 0.547. The van der Waals surface area contributed by atoms with Crippen LogP contribution in [0, 0.1) is 85.6 Å². The van der Waals surface area contributed by atoms with E-state index in [1.54, 1.807) is 0 Å². The van der Waals surface area contributed by atoms with Gasteiger partial charge in [-0.05, 0) is 6.07 Å². The third kappa shape index (κ3) is 3.87. The number of aromatic nitrogens is 1. The van der Waals surface area contributed by atoms with Crippen LogP contribution in [0.5, 0.6) is 0 Å². The molecular weight excluding hydrogens is 452 g/mol. The van der Waals surface area contributed by atoms with Crippen LogP contribution in [0.15, 0.2) is 6.07 Å². The Kier molecular flexibility index (Phi) is 6.36. The van der Waals surface area contributed by atoms with Crippen molar-refractivity contribution in [2.45, 2.75) is 6.18 Å². The lowest BCUT2D eigenvalue weighted by Gasteiger charge is -2.12. The van der Waals surface area contributed by atoms with Crippen LogP contribution in [-0.2, 0) is 6.18 Å². The standard InChI is InChI=1S/C20HF6N7/c21-16-15(17(22)19(23)33-18(16)20(24,25)26)13(7-32)14-8(2-27)1-10(9(3-28)4-29)11(5-30)12(14)6-31/h1H/b14-13-. The highest BCUT2D eigenvalue weighted by Crippen LogP contribution is 2.34. The molecule has 7 nitrogen and oxygen atoms in total. The number of nitriles is 6. The Morgan fingerprint density at radius 3 is 1.79 bits per heavy atom. The Morgan fingerprint density at radius 2 is 1.36 bits per heavy atom. The number of rotatable bonds is 1. The summed E-state index contributed by atoms with van der Waals surface area (Å²) in [6.07, 6.45) is -5.62. The molecule has 0 aliphatic carbocycles. The minimum Gasteiger partial charge on any atom is -0.209 e. The molecule has 0 radical (unpaired) electrons. The van der Waals surface area contributed by atoms with Gasteiger partial charge in [0.1, 0.15) is 35.9 Å². The van der Waals surface area contributed by atoms with Crippen molar-refractivity contribution in [3.63, 3.8) is 0 Å². The largest absolute Gasteiger partial charge is 0.436 e. The zero-order valence-electron chi connectivity index (χ0n) is 15.5. The van der Waals surface area contributed by atoms with Gasteiger partial charge in [-0.3, -0.25) is 0 Å². The first-order valence-corrected chi connectivity index (χ1v) is 8.00. The molecule has 2 rings (SSSR count). The van der Waals surface area contributed by atoms with Gasteiger partial charge in [0.25, 0.3) is 0 Å². The van der Waals surface area contributed by atoms with E-state index < -0.39 is 73.3 Å². The number of nitrogens with zero attached hydrogens (tertiary/aromatic N) is 7. The highest BCUT2D eigenvalue weighted by atomic mass is 19.4. The summed E-state index contributed by atoms with van der Waals surface area (Å²) in [5.41, 5.74) is -9.14. The van der Waals surface area contributed by atoms with Gasteiger partial charge in [0.15, 0.2) is 17.3 Å². The molecule has 0 saturated carbocycles. The van der Waals surface area contributed by atoms with Gasteiger partial charge in [0.2, 0.25) is 5.95 Å². The van der Waals surface area contributed by atoms with Crippen LogP contribution in [0.2, 0.25) is 0 Å². The number of hydrogen-bond acceptors (Lipinski definition) is 7. The summed E-state index contributed by atoms with van der Waals surface area (Å²) in [5.74, 6) is -7.26. The van der Waals surface area contributed by atoms with Crippen LogP contribution < -0.4 is 10.4 Å². The quantitative estimate of drug-likeness (QED) is 0.473. The molecule has 158 valence electrons. The third-order valence-electron chi connectivity index (χ3n) is 4.08. The number of pyridine rings is 1. The van der Waals surface area contributed by atoms with Gasteiger partial charge in [-0.25, -0.2) is 13.8 Å². The maximum atomic E-state index is 14.6. The zero-order valence-corrected chi connectivity index (χ0v) is 15.5. The van der Waals surface area contributed by atoms with Crippen LogP contribution in [0.25, 0.3) is 11.1 Å². The fourth-order valence-electron chi connectivity index (χ4n) is 2.76. The van der Waals surface area contributed by atoms with Gasteiger partial charge in [-0.1, -0.05) is 0 Å². The predicted molar refractivity (Wildman–Crippen MR) is 91.7 cm³/mol. The molecule has 0 fully saturated rings. The van der Waals surface area contributed by atoms with E-state index in [9.17, 15) is 47.4 Å². The number of benzene rings is 1. The Labute approximate surface area is 179 Å². The maximum absolute atomic E-state index is 14.6. The molecule has 1 aromatic heterocycles. The molecule has 1 heterocycles. The van der Waals surface area contributed by atoms with E-state index in [1.807, 2.05) is 0 Å². The molecule has 1 aromatic carbocycles. The average Bonchev–Trinajstić information content (AvgIpc) is 2.78. The first-order chi connectivity index (χ1) is 15.5. The highest BCUT2D eigenvalue weighted by molar-refractivity contribution is 5.82. The molecule has 0 aliphatic heterocycles. The van der Waals surface area contributed by atoms with Crippen molar-refractivity contribution in [1.82, 2.24) is 4.98 Å². The molecule has 0 spiro atoms. The number of alkyl halides is 3. The molecule has 0 amide bonds. The summed E-state index contributed by atoms with van der Waals surface area (Å²) >= 11 is 0. The van der Waals surface area contributed by atoms with Gasteiger partial charge in [-0.2, -0.15) is 49.1 Å². The van der Waals surface area contributed by atoms with Gasteiger partial charge in [-0.15, -0.1) is 0 Å². The van der Waals surface area contributed by atoms with Gasteiger partial charge >= 0.3 is 6.18 Å². The van der Waals surface area contributed by atoms with Crippen molar-refractivity contribution in [3.8, 4) is 36.4 Å². The van der Waals surface area contributed by atoms with Crippen molar-refractivity contribution in [1.29, 1.82) is 31.6 Å². The Bertz CT molecular complexity index is 1580. The SMILES string of the molecule is N#CC(C#N)=c1cc(C#N)/c(=C(\C#N)c2c(F)c(F)nc(C(F)(F)F)c2F)c(C#N)c1C#N. The summed E-state index contributed by atoms with van der Waals surface area (Å²) in [5, 5.41) is 54.4. The van der Waals surface area contributed by atoms with Crippen molar-refractivity contribution < 1.29 is 26.3 Å². The van der Waals surface area contributed by atoms with E-state index in [0.29, 0.717) is 6.07 Å². The van der Waals surface area contributed by atoms with E-state index in [2.05, 4.69) is 4.98 Å². The topological polar surface area (TPSA) is 156 Å². The fraction of sp³-hybridized carbons (Fsp3) is 0.0500. The maximum Gasteiger partial charge on any atom is 0.436 e. The Balaban J connectivity index is 3.44. The summed E-state index contributed by atoms with van der Waals surface area (Å²) < 4.78 is 81.9. The summed E-state index contributed by atoms with van der Waals surface area (Å²) in [4.78, 5) is 2.17. The van der Waals surface area contributed by atoms with E-state index in [1.165, 1.54) is 30.3 Å². The third-order valence-corrected chi connectivity index (χ3v) is 4.08. The lowest BCUT2D eigenvalue weighted by Crippen LogP contribution is -2.27. The second-order valence-electron chi connectivity index (χ2n) is 5.77. The van der Waals surface area contributed by atoms with Gasteiger partial charge in [0, 0.05) is 10.4 Å². The molecular formula is C20HF6N7. The number of hydrogen-bond donors (Lipinski definition) is 0. The van der Waals surface area contributed by atoms with Crippen molar-refractivity contribution in [2.24, 2.45) is 0 Å². The molecule has 0 saturated heterocycles. The van der Waals surface area contributed by atoms with E-state index >= 15 is 0 Å². The molecule has 2 aromatic rings. The summed E-state index contributed by atoms with van der Waals surface area (Å²) in [6.45, 7) is 0. The molecule has 0 atom stereocenters. The monoisotopic (exact) mass is 453 g/mol. The molecule has 0 aliphatic rings. The molecule has 13 heteroatoms.